The topological polar surface area (TPSA) is 75.6 Å². The number of rotatable bonds is 13. The summed E-state index contributed by atoms with van der Waals surface area (Å²) < 4.78 is 6.16. The molecule has 0 aliphatic heterocycles. The lowest BCUT2D eigenvalue weighted by molar-refractivity contribution is -0.139. The van der Waals surface area contributed by atoms with Crippen LogP contribution < -0.4 is 5.32 Å². The zero-order valence-electron chi connectivity index (χ0n) is 23.4. The maximum atomic E-state index is 13.3. The van der Waals surface area contributed by atoms with Crippen molar-refractivity contribution >= 4 is 23.6 Å². The van der Waals surface area contributed by atoms with Crippen LogP contribution in [-0.2, 0) is 16.1 Å². The minimum absolute atomic E-state index is 0.357. The maximum Gasteiger partial charge on any atom is 0.326 e. The van der Waals surface area contributed by atoms with Crippen molar-refractivity contribution in [2.24, 2.45) is 23.2 Å². The fourth-order valence-corrected chi connectivity index (χ4v) is 8.51. The molecule has 5 nitrogen and oxygen atoms in total. The van der Waals surface area contributed by atoms with Crippen molar-refractivity contribution < 1.29 is 19.4 Å². The molecule has 0 saturated heterocycles. The van der Waals surface area contributed by atoms with Gasteiger partial charge < -0.3 is 15.2 Å². The number of carbonyl (C=O) groups is 2. The van der Waals surface area contributed by atoms with Crippen molar-refractivity contribution in [1.29, 1.82) is 0 Å². The Morgan fingerprint density at radius 3 is 2.38 bits per heavy atom. The number of aryl methyl sites for hydroxylation is 1. The standard InChI is InChI=1S/C33H43NO4S/c1-22-6-3-4-7-27(22)29-17-23(8-9-28(29)31(35)34-30(32(36)37)10-13-39-2)21-38-12-5-11-33-18-24-14-25(19-33)16-26(15-24)20-33/h3-4,6-9,17,24-26,30H,5,10-16,18-21H2,1-2H3,(H,34,35)(H,36,37). The number of aliphatic carboxylic acids is 1. The Morgan fingerprint density at radius 2 is 1.74 bits per heavy atom. The van der Waals surface area contributed by atoms with Gasteiger partial charge in [0.1, 0.15) is 6.04 Å². The van der Waals surface area contributed by atoms with Crippen LogP contribution in [0.15, 0.2) is 42.5 Å². The van der Waals surface area contributed by atoms with Crippen LogP contribution in [0.5, 0.6) is 0 Å². The number of carboxylic acid groups (broad SMARTS) is 1. The number of hydrogen-bond acceptors (Lipinski definition) is 4. The summed E-state index contributed by atoms with van der Waals surface area (Å²) in [5.74, 6) is 2.27. The van der Waals surface area contributed by atoms with Gasteiger partial charge in [-0.3, -0.25) is 4.79 Å². The fraction of sp³-hybridized carbons (Fsp3) is 0.576. The summed E-state index contributed by atoms with van der Waals surface area (Å²) in [6, 6.07) is 12.9. The zero-order valence-corrected chi connectivity index (χ0v) is 24.2. The lowest BCUT2D eigenvalue weighted by Gasteiger charge is -2.57. The van der Waals surface area contributed by atoms with E-state index in [9.17, 15) is 14.7 Å². The molecule has 210 valence electrons. The zero-order chi connectivity index (χ0) is 27.4. The first-order chi connectivity index (χ1) is 18.9. The largest absolute Gasteiger partial charge is 0.480 e. The minimum atomic E-state index is -1.01. The molecule has 4 bridgehead atoms. The van der Waals surface area contributed by atoms with Crippen LogP contribution in [0.2, 0.25) is 0 Å². The van der Waals surface area contributed by atoms with Gasteiger partial charge in [-0.25, -0.2) is 4.79 Å². The van der Waals surface area contributed by atoms with E-state index in [0.717, 1.165) is 53.0 Å². The Kier molecular flexibility index (Phi) is 9.02. The number of benzene rings is 2. The quantitative estimate of drug-likeness (QED) is 0.260. The summed E-state index contributed by atoms with van der Waals surface area (Å²) in [5.41, 5.74) is 4.96. The van der Waals surface area contributed by atoms with E-state index in [1.54, 1.807) is 11.8 Å². The van der Waals surface area contributed by atoms with Crippen LogP contribution in [0.3, 0.4) is 0 Å². The molecule has 0 heterocycles. The van der Waals surface area contributed by atoms with Gasteiger partial charge in [-0.15, -0.1) is 0 Å². The average molecular weight is 550 g/mol. The van der Waals surface area contributed by atoms with Crippen LogP contribution in [-0.4, -0.2) is 41.6 Å². The first-order valence-corrected chi connectivity index (χ1v) is 16.0. The molecule has 4 fully saturated rings. The van der Waals surface area contributed by atoms with E-state index in [1.807, 2.05) is 55.6 Å². The van der Waals surface area contributed by atoms with Gasteiger partial charge in [0.05, 0.1) is 6.61 Å². The van der Waals surface area contributed by atoms with Crippen molar-refractivity contribution in [3.8, 4) is 11.1 Å². The SMILES string of the molecule is CSCCC(NC(=O)c1ccc(COCCCC23CC4CC(CC(C4)C2)C3)cc1-c1ccccc1C)C(=O)O. The molecule has 6 rings (SSSR count). The molecular formula is C33H43NO4S. The molecule has 39 heavy (non-hydrogen) atoms. The van der Waals surface area contributed by atoms with Crippen LogP contribution in [0.25, 0.3) is 11.1 Å². The van der Waals surface area contributed by atoms with E-state index in [0.29, 0.717) is 29.8 Å². The molecule has 4 aliphatic carbocycles. The molecule has 4 aliphatic rings. The number of thioether (sulfide) groups is 1. The van der Waals surface area contributed by atoms with Crippen molar-refractivity contribution in [3.05, 3.63) is 59.2 Å². The average Bonchev–Trinajstić information content (AvgIpc) is 2.90. The lowest BCUT2D eigenvalue weighted by Crippen LogP contribution is -2.46. The molecule has 1 unspecified atom stereocenters. The summed E-state index contributed by atoms with van der Waals surface area (Å²) in [6.07, 6.45) is 13.5. The smallest absolute Gasteiger partial charge is 0.326 e. The maximum absolute atomic E-state index is 13.3. The molecule has 0 spiro atoms. The number of ether oxygens (including phenoxy) is 1. The van der Waals surface area contributed by atoms with Gasteiger partial charge in [-0.1, -0.05) is 30.3 Å². The summed E-state index contributed by atoms with van der Waals surface area (Å²) in [7, 11) is 0. The third kappa shape index (κ3) is 6.71. The van der Waals surface area contributed by atoms with Crippen LogP contribution in [0.4, 0.5) is 0 Å². The lowest BCUT2D eigenvalue weighted by atomic mass is 9.48. The molecule has 1 atom stereocenters. The van der Waals surface area contributed by atoms with E-state index in [1.165, 1.54) is 44.9 Å². The molecule has 4 saturated carbocycles. The molecule has 0 radical (unpaired) electrons. The van der Waals surface area contributed by atoms with Crippen molar-refractivity contribution in [2.75, 3.05) is 18.6 Å². The number of hydrogen-bond donors (Lipinski definition) is 2. The van der Waals surface area contributed by atoms with Gasteiger partial charge in [0.25, 0.3) is 5.91 Å². The molecule has 2 N–H and O–H groups in total. The Bertz CT molecular complexity index is 1140. The molecule has 0 aromatic heterocycles. The van der Waals surface area contributed by atoms with Gasteiger partial charge in [-0.2, -0.15) is 11.8 Å². The van der Waals surface area contributed by atoms with Gasteiger partial charge in [0, 0.05) is 12.2 Å². The molecular weight excluding hydrogens is 506 g/mol. The first-order valence-electron chi connectivity index (χ1n) is 14.6. The van der Waals surface area contributed by atoms with Crippen molar-refractivity contribution in [2.45, 2.75) is 77.4 Å². The molecule has 6 heteroatoms. The number of amides is 1. The highest BCUT2D eigenvalue weighted by atomic mass is 32.2. The predicted octanol–water partition coefficient (Wildman–Crippen LogP) is 7.11. The Balaban J connectivity index is 1.23. The fourth-order valence-electron chi connectivity index (χ4n) is 8.04. The molecule has 2 aromatic carbocycles. The second-order valence-corrected chi connectivity index (χ2v) is 13.4. The molecule has 1 amide bonds. The molecule has 2 aromatic rings. The van der Waals surface area contributed by atoms with E-state index in [-0.39, 0.29) is 5.91 Å². The van der Waals surface area contributed by atoms with Crippen LogP contribution in [0, 0.1) is 30.1 Å². The number of carboxylic acids is 1. The monoisotopic (exact) mass is 549 g/mol. The summed E-state index contributed by atoms with van der Waals surface area (Å²) in [5, 5.41) is 12.4. The van der Waals surface area contributed by atoms with E-state index < -0.39 is 12.0 Å². The first kappa shape index (κ1) is 28.2. The third-order valence-corrected chi connectivity index (χ3v) is 10.1. The highest BCUT2D eigenvalue weighted by Crippen LogP contribution is 2.61. The van der Waals surface area contributed by atoms with Crippen LogP contribution >= 0.6 is 11.8 Å². The Labute approximate surface area is 237 Å². The number of carbonyl (C=O) groups excluding carboxylic acids is 1. The summed E-state index contributed by atoms with van der Waals surface area (Å²) in [4.78, 5) is 25.0. The summed E-state index contributed by atoms with van der Waals surface area (Å²) in [6.45, 7) is 3.30. The highest BCUT2D eigenvalue weighted by molar-refractivity contribution is 7.98. The highest BCUT2D eigenvalue weighted by Gasteiger charge is 2.50. The normalized spacial score (nSPS) is 25.9. The third-order valence-electron chi connectivity index (χ3n) is 9.41. The van der Waals surface area contributed by atoms with Gasteiger partial charge in [0.15, 0.2) is 0 Å². The van der Waals surface area contributed by atoms with E-state index >= 15 is 0 Å². The van der Waals surface area contributed by atoms with Crippen molar-refractivity contribution in [3.63, 3.8) is 0 Å². The summed E-state index contributed by atoms with van der Waals surface area (Å²) >= 11 is 1.57. The minimum Gasteiger partial charge on any atom is -0.480 e. The van der Waals surface area contributed by atoms with E-state index in [4.69, 9.17) is 4.74 Å². The number of nitrogens with one attached hydrogen (secondary N) is 1. The Morgan fingerprint density at radius 1 is 1.05 bits per heavy atom. The second-order valence-electron chi connectivity index (χ2n) is 12.4. The van der Waals surface area contributed by atoms with Crippen LogP contribution in [0.1, 0.15) is 79.3 Å². The van der Waals surface area contributed by atoms with Gasteiger partial charge >= 0.3 is 5.97 Å². The van der Waals surface area contributed by atoms with Gasteiger partial charge in [0.2, 0.25) is 0 Å². The Hall–Kier alpha value is -2.31. The van der Waals surface area contributed by atoms with Crippen molar-refractivity contribution in [1.82, 2.24) is 5.32 Å². The van der Waals surface area contributed by atoms with Gasteiger partial charge in [-0.05, 0) is 134 Å². The predicted molar refractivity (Wildman–Crippen MR) is 158 cm³/mol. The van der Waals surface area contributed by atoms with E-state index in [2.05, 4.69) is 5.32 Å². The second kappa shape index (κ2) is 12.5.